The van der Waals surface area contributed by atoms with E-state index in [1.807, 2.05) is 7.05 Å². The monoisotopic (exact) mass is 379 g/mol. The number of amides is 3. The zero-order valence-corrected chi connectivity index (χ0v) is 15.3. The Morgan fingerprint density at radius 3 is 2.44 bits per heavy atom. The maximum atomic E-state index is 12.5. The SMILES string of the molecule is CN1CCN(C(=O)CN2C(=O)S/C(=C\c3ccc(Cl)cc3)C2=O)CC1. The lowest BCUT2D eigenvalue weighted by Crippen LogP contribution is -2.50. The minimum atomic E-state index is -0.424. The van der Waals surface area contributed by atoms with Gasteiger partial charge in [0.15, 0.2) is 0 Å². The van der Waals surface area contributed by atoms with Crippen molar-refractivity contribution in [2.24, 2.45) is 0 Å². The van der Waals surface area contributed by atoms with E-state index in [1.54, 1.807) is 35.2 Å². The maximum Gasteiger partial charge on any atom is 0.294 e. The molecule has 0 aromatic heterocycles. The number of piperazine rings is 1. The Balaban J connectivity index is 1.67. The van der Waals surface area contributed by atoms with Gasteiger partial charge in [0.05, 0.1) is 4.91 Å². The highest BCUT2D eigenvalue weighted by atomic mass is 35.5. The van der Waals surface area contributed by atoms with Gasteiger partial charge in [0, 0.05) is 31.2 Å². The third-order valence-electron chi connectivity index (χ3n) is 4.19. The van der Waals surface area contributed by atoms with Gasteiger partial charge in [0.2, 0.25) is 5.91 Å². The summed E-state index contributed by atoms with van der Waals surface area (Å²) in [4.78, 5) is 42.2. The van der Waals surface area contributed by atoms with E-state index in [2.05, 4.69) is 4.90 Å². The topological polar surface area (TPSA) is 60.9 Å². The van der Waals surface area contributed by atoms with Crippen molar-refractivity contribution in [1.29, 1.82) is 0 Å². The van der Waals surface area contributed by atoms with Gasteiger partial charge in [-0.1, -0.05) is 23.7 Å². The molecule has 1 aromatic carbocycles. The van der Waals surface area contributed by atoms with Crippen LogP contribution < -0.4 is 0 Å². The number of halogens is 1. The standard InChI is InChI=1S/C17H18ClN3O3S/c1-19-6-8-20(9-7-19)15(22)11-21-16(23)14(25-17(21)24)10-12-2-4-13(18)5-3-12/h2-5,10H,6-9,11H2,1H3/b14-10-. The summed E-state index contributed by atoms with van der Waals surface area (Å²) in [6.07, 6.45) is 1.64. The molecule has 0 unspecified atom stereocenters. The quantitative estimate of drug-likeness (QED) is 0.753. The minimum Gasteiger partial charge on any atom is -0.339 e. The molecule has 0 N–H and O–H groups in total. The molecule has 6 nitrogen and oxygen atoms in total. The normalized spacial score (nSPS) is 20.6. The summed E-state index contributed by atoms with van der Waals surface area (Å²) in [5.41, 5.74) is 0.778. The number of carbonyl (C=O) groups is 3. The molecular weight excluding hydrogens is 362 g/mol. The van der Waals surface area contributed by atoms with Crippen LogP contribution in [0, 0.1) is 0 Å². The molecule has 2 heterocycles. The smallest absolute Gasteiger partial charge is 0.294 e. The van der Waals surface area contributed by atoms with E-state index in [4.69, 9.17) is 11.6 Å². The molecule has 0 aliphatic carbocycles. The first-order valence-corrected chi connectivity index (χ1v) is 9.11. The van der Waals surface area contributed by atoms with E-state index in [-0.39, 0.29) is 12.5 Å². The Morgan fingerprint density at radius 1 is 1.16 bits per heavy atom. The average molecular weight is 380 g/mol. The first kappa shape index (κ1) is 18.0. The van der Waals surface area contributed by atoms with Crippen LogP contribution in [0.15, 0.2) is 29.2 Å². The Hall–Kier alpha value is -1.83. The van der Waals surface area contributed by atoms with E-state index < -0.39 is 11.1 Å². The van der Waals surface area contributed by atoms with E-state index in [0.29, 0.717) is 23.0 Å². The van der Waals surface area contributed by atoms with Crippen LogP contribution >= 0.6 is 23.4 Å². The van der Waals surface area contributed by atoms with Gasteiger partial charge in [-0.2, -0.15) is 0 Å². The second-order valence-corrected chi connectivity index (χ2v) is 7.43. The van der Waals surface area contributed by atoms with Crippen molar-refractivity contribution in [1.82, 2.24) is 14.7 Å². The average Bonchev–Trinajstić information content (AvgIpc) is 2.85. The minimum absolute atomic E-state index is 0.192. The number of hydrogen-bond donors (Lipinski definition) is 0. The lowest BCUT2D eigenvalue weighted by molar-refractivity contribution is -0.137. The van der Waals surface area contributed by atoms with Crippen molar-refractivity contribution in [3.8, 4) is 0 Å². The van der Waals surface area contributed by atoms with Gasteiger partial charge in [-0.3, -0.25) is 19.3 Å². The number of nitrogens with zero attached hydrogens (tertiary/aromatic N) is 3. The molecule has 8 heteroatoms. The number of likely N-dealkylation sites (N-methyl/N-ethyl adjacent to an activating group) is 1. The Morgan fingerprint density at radius 2 is 1.80 bits per heavy atom. The Labute approximate surface area is 155 Å². The summed E-state index contributed by atoms with van der Waals surface area (Å²) in [5.74, 6) is -0.615. The summed E-state index contributed by atoms with van der Waals surface area (Å²) < 4.78 is 0. The zero-order chi connectivity index (χ0) is 18.0. The van der Waals surface area contributed by atoms with Crippen LogP contribution in [0.1, 0.15) is 5.56 Å². The molecule has 2 aliphatic rings. The fourth-order valence-corrected chi connectivity index (χ4v) is 3.60. The molecule has 0 spiro atoms. The third kappa shape index (κ3) is 4.23. The van der Waals surface area contributed by atoms with Crippen molar-refractivity contribution in [2.45, 2.75) is 0 Å². The van der Waals surface area contributed by atoms with Crippen LogP contribution in [0.25, 0.3) is 6.08 Å². The lowest BCUT2D eigenvalue weighted by atomic mass is 10.2. The summed E-state index contributed by atoms with van der Waals surface area (Å²) in [7, 11) is 2.00. The molecule has 0 saturated carbocycles. The van der Waals surface area contributed by atoms with E-state index in [0.717, 1.165) is 35.3 Å². The Kier molecular flexibility index (Phi) is 5.46. The third-order valence-corrected chi connectivity index (χ3v) is 5.35. The van der Waals surface area contributed by atoms with Crippen molar-refractivity contribution in [2.75, 3.05) is 39.8 Å². The largest absolute Gasteiger partial charge is 0.339 e. The van der Waals surface area contributed by atoms with Gasteiger partial charge < -0.3 is 9.80 Å². The number of hydrogen-bond acceptors (Lipinski definition) is 5. The zero-order valence-electron chi connectivity index (χ0n) is 13.8. The fourth-order valence-electron chi connectivity index (χ4n) is 2.64. The van der Waals surface area contributed by atoms with Crippen LogP contribution in [0.2, 0.25) is 5.02 Å². The molecule has 2 saturated heterocycles. The molecule has 0 bridgehead atoms. The van der Waals surface area contributed by atoms with E-state index in [9.17, 15) is 14.4 Å². The van der Waals surface area contributed by atoms with Gasteiger partial charge in [-0.05, 0) is 42.6 Å². The first-order chi connectivity index (χ1) is 11.9. The molecule has 2 aliphatic heterocycles. The Bertz CT molecular complexity index is 727. The lowest BCUT2D eigenvalue weighted by Gasteiger charge is -2.33. The molecule has 3 amide bonds. The number of carbonyl (C=O) groups excluding carboxylic acids is 3. The first-order valence-electron chi connectivity index (χ1n) is 7.91. The fraction of sp³-hybridized carbons (Fsp3) is 0.353. The predicted molar refractivity (Wildman–Crippen MR) is 98.2 cm³/mol. The summed E-state index contributed by atoms with van der Waals surface area (Å²) in [6, 6.07) is 6.97. The number of imide groups is 1. The van der Waals surface area contributed by atoms with Crippen molar-refractivity contribution < 1.29 is 14.4 Å². The molecule has 0 radical (unpaired) electrons. The van der Waals surface area contributed by atoms with Crippen LogP contribution in [0.3, 0.4) is 0 Å². The highest BCUT2D eigenvalue weighted by molar-refractivity contribution is 8.18. The maximum absolute atomic E-state index is 12.5. The number of benzene rings is 1. The van der Waals surface area contributed by atoms with Gasteiger partial charge in [0.1, 0.15) is 6.54 Å². The predicted octanol–water partition coefficient (Wildman–Crippen LogP) is 2.15. The molecule has 25 heavy (non-hydrogen) atoms. The van der Waals surface area contributed by atoms with Crippen LogP contribution in [-0.2, 0) is 9.59 Å². The highest BCUT2D eigenvalue weighted by Gasteiger charge is 2.37. The molecular formula is C17H18ClN3O3S. The summed E-state index contributed by atoms with van der Waals surface area (Å²) >= 11 is 6.70. The molecule has 2 fully saturated rings. The van der Waals surface area contributed by atoms with E-state index >= 15 is 0 Å². The van der Waals surface area contributed by atoms with Crippen molar-refractivity contribution >= 4 is 46.5 Å². The van der Waals surface area contributed by atoms with Crippen LogP contribution in [0.4, 0.5) is 4.79 Å². The summed E-state index contributed by atoms with van der Waals surface area (Å²) in [5, 5.41) is 0.190. The van der Waals surface area contributed by atoms with Crippen LogP contribution in [0.5, 0.6) is 0 Å². The van der Waals surface area contributed by atoms with Gasteiger partial charge >= 0.3 is 0 Å². The van der Waals surface area contributed by atoms with E-state index in [1.165, 1.54) is 0 Å². The molecule has 1 aromatic rings. The molecule has 132 valence electrons. The highest BCUT2D eigenvalue weighted by Crippen LogP contribution is 2.32. The van der Waals surface area contributed by atoms with Gasteiger partial charge in [0.25, 0.3) is 11.1 Å². The van der Waals surface area contributed by atoms with Gasteiger partial charge in [-0.15, -0.1) is 0 Å². The molecule has 3 rings (SSSR count). The summed E-state index contributed by atoms with van der Waals surface area (Å²) in [6.45, 7) is 2.62. The van der Waals surface area contributed by atoms with Crippen LogP contribution in [-0.4, -0.2) is 71.5 Å². The van der Waals surface area contributed by atoms with Crippen molar-refractivity contribution in [3.63, 3.8) is 0 Å². The van der Waals surface area contributed by atoms with Gasteiger partial charge in [-0.25, -0.2) is 0 Å². The second-order valence-electron chi connectivity index (χ2n) is 6.00. The number of thioether (sulfide) groups is 1. The van der Waals surface area contributed by atoms with Crippen molar-refractivity contribution in [3.05, 3.63) is 39.8 Å². The molecule has 0 atom stereocenters. The number of rotatable bonds is 3. The second kappa shape index (κ2) is 7.59.